The summed E-state index contributed by atoms with van der Waals surface area (Å²) in [5.41, 5.74) is 2.78. The van der Waals surface area contributed by atoms with Crippen LogP contribution in [0.4, 0.5) is 10.1 Å². The molecule has 2 unspecified atom stereocenters. The fourth-order valence-corrected chi connectivity index (χ4v) is 4.90. The van der Waals surface area contributed by atoms with Crippen LogP contribution in [0.25, 0.3) is 6.08 Å². The molecular weight excluding hydrogens is 493 g/mol. The zero-order valence-corrected chi connectivity index (χ0v) is 23.1. The summed E-state index contributed by atoms with van der Waals surface area (Å²) in [5, 5.41) is 3.63. The molecule has 0 aliphatic carbocycles. The van der Waals surface area contributed by atoms with E-state index in [1.54, 1.807) is 19.3 Å². The second kappa shape index (κ2) is 16.6. The van der Waals surface area contributed by atoms with Crippen molar-refractivity contribution in [1.29, 1.82) is 0 Å². The summed E-state index contributed by atoms with van der Waals surface area (Å²) in [5.74, 6) is 0.387. The van der Waals surface area contributed by atoms with E-state index in [4.69, 9.17) is 21.1 Å². The van der Waals surface area contributed by atoms with E-state index in [0.29, 0.717) is 10.8 Å². The summed E-state index contributed by atoms with van der Waals surface area (Å²) in [7, 11) is 3.39. The zero-order valence-electron chi connectivity index (χ0n) is 22.3. The molecule has 2 heterocycles. The lowest BCUT2D eigenvalue weighted by atomic mass is 10.1. The number of amides is 1. The molecule has 2 atom stereocenters. The third-order valence-corrected chi connectivity index (χ3v) is 6.43. The standard InChI is InChI=1S/C24H27ClFN3O2.C2H6.C2H4.CH2O/c1-27-22-12-21(25)23(31-2)11-17(22)5-10-24(30)29-19-8-9-20(29)15-28(14-19)13-16-3-6-18(26)7-4-16;3*1-2/h3-7,10-12,19-20,27H,8-9,13-15H2,1-2H3;1-2H3;1-2H2;1H2/b10-5+;;;. The van der Waals surface area contributed by atoms with Gasteiger partial charge in [-0.25, -0.2) is 4.39 Å². The van der Waals surface area contributed by atoms with Gasteiger partial charge in [-0.15, -0.1) is 13.2 Å². The maximum Gasteiger partial charge on any atom is 0.247 e. The number of halogens is 2. The minimum absolute atomic E-state index is 0.0323. The molecule has 2 fully saturated rings. The van der Waals surface area contributed by atoms with Crippen LogP contribution in [0.3, 0.4) is 0 Å². The molecule has 1 N–H and O–H groups in total. The number of fused-ring (bicyclic) bond motifs is 2. The van der Waals surface area contributed by atoms with Crippen molar-refractivity contribution in [3.63, 3.8) is 0 Å². The Morgan fingerprint density at radius 2 is 1.70 bits per heavy atom. The maximum absolute atomic E-state index is 13.2. The minimum atomic E-state index is -0.217. The highest BCUT2D eigenvalue weighted by molar-refractivity contribution is 6.32. The quantitative estimate of drug-likeness (QED) is 0.362. The minimum Gasteiger partial charge on any atom is -0.495 e. The van der Waals surface area contributed by atoms with E-state index in [1.165, 1.54) is 12.1 Å². The Hall–Kier alpha value is -3.16. The SMILES string of the molecule is C=C.C=O.CC.CNc1cc(Cl)c(OC)cc1/C=C/C(=O)N1C2CCC1CN(Cc1ccc(F)cc1)C2. The van der Waals surface area contributed by atoms with Crippen molar-refractivity contribution in [2.75, 3.05) is 32.6 Å². The highest BCUT2D eigenvalue weighted by atomic mass is 35.5. The Labute approximate surface area is 225 Å². The number of hydrogen-bond acceptors (Lipinski definition) is 5. The molecule has 4 rings (SSSR count). The van der Waals surface area contributed by atoms with Gasteiger partial charge < -0.3 is 19.7 Å². The van der Waals surface area contributed by atoms with Gasteiger partial charge in [-0.05, 0) is 48.7 Å². The van der Waals surface area contributed by atoms with E-state index in [-0.39, 0.29) is 23.8 Å². The molecule has 0 aromatic heterocycles. The average Bonchev–Trinajstić information content (AvgIpc) is 3.22. The van der Waals surface area contributed by atoms with Gasteiger partial charge in [-0.2, -0.15) is 0 Å². The number of nitrogens with zero attached hydrogens (tertiary/aromatic N) is 2. The van der Waals surface area contributed by atoms with Crippen LogP contribution >= 0.6 is 11.6 Å². The number of benzene rings is 2. The van der Waals surface area contributed by atoms with Gasteiger partial charge in [0.15, 0.2) is 0 Å². The predicted octanol–water partition coefficient (Wildman–Crippen LogP) is 6.06. The van der Waals surface area contributed by atoms with Gasteiger partial charge in [0.25, 0.3) is 0 Å². The molecule has 2 bridgehead atoms. The van der Waals surface area contributed by atoms with Crippen LogP contribution in [0.5, 0.6) is 5.75 Å². The van der Waals surface area contributed by atoms with E-state index in [9.17, 15) is 9.18 Å². The molecule has 2 saturated heterocycles. The summed E-state index contributed by atoms with van der Waals surface area (Å²) >= 11 is 6.20. The van der Waals surface area contributed by atoms with Crippen molar-refractivity contribution < 1.29 is 18.7 Å². The monoisotopic (exact) mass is 531 g/mol. The molecule has 0 radical (unpaired) electrons. The number of carbonyl (C=O) groups is 2. The molecule has 2 aliphatic heterocycles. The molecule has 1 amide bonds. The van der Waals surface area contributed by atoms with Crippen molar-refractivity contribution in [3.8, 4) is 5.75 Å². The van der Waals surface area contributed by atoms with E-state index in [1.807, 2.05) is 56.9 Å². The lowest BCUT2D eigenvalue weighted by molar-refractivity contribution is -0.131. The molecule has 6 nitrogen and oxygen atoms in total. The van der Waals surface area contributed by atoms with Crippen LogP contribution in [0.15, 0.2) is 55.6 Å². The molecule has 2 aromatic rings. The zero-order chi connectivity index (χ0) is 28.0. The number of likely N-dealkylation sites (tertiary alicyclic amines) is 1. The van der Waals surface area contributed by atoms with Crippen molar-refractivity contribution in [3.05, 3.63) is 77.6 Å². The highest BCUT2D eigenvalue weighted by Crippen LogP contribution is 2.33. The van der Waals surface area contributed by atoms with Crippen LogP contribution in [0, 0.1) is 5.82 Å². The van der Waals surface area contributed by atoms with Gasteiger partial charge in [0, 0.05) is 56.1 Å². The van der Waals surface area contributed by atoms with Crippen molar-refractivity contribution in [1.82, 2.24) is 9.80 Å². The third kappa shape index (κ3) is 8.44. The largest absolute Gasteiger partial charge is 0.495 e. The van der Waals surface area contributed by atoms with Crippen molar-refractivity contribution >= 4 is 36.1 Å². The smallest absolute Gasteiger partial charge is 0.247 e. The first-order valence-electron chi connectivity index (χ1n) is 12.3. The topological polar surface area (TPSA) is 61.9 Å². The average molecular weight is 532 g/mol. The maximum atomic E-state index is 13.2. The molecule has 0 saturated carbocycles. The first-order chi connectivity index (χ1) is 18.0. The van der Waals surface area contributed by atoms with Gasteiger partial charge >= 0.3 is 0 Å². The van der Waals surface area contributed by atoms with Gasteiger partial charge in [0.05, 0.1) is 12.1 Å². The summed E-state index contributed by atoms with van der Waals surface area (Å²) in [6.07, 6.45) is 5.49. The lowest BCUT2D eigenvalue weighted by Gasteiger charge is -2.40. The third-order valence-electron chi connectivity index (χ3n) is 6.13. The van der Waals surface area contributed by atoms with Crippen LogP contribution in [-0.4, -0.2) is 61.8 Å². The van der Waals surface area contributed by atoms with Gasteiger partial charge in [0.1, 0.15) is 18.4 Å². The lowest BCUT2D eigenvalue weighted by Crippen LogP contribution is -2.55. The summed E-state index contributed by atoms with van der Waals surface area (Å²) in [6, 6.07) is 10.7. The Morgan fingerprint density at radius 3 is 2.22 bits per heavy atom. The highest BCUT2D eigenvalue weighted by Gasteiger charge is 2.41. The number of anilines is 1. The molecule has 2 aromatic carbocycles. The van der Waals surface area contributed by atoms with Crippen LogP contribution in [-0.2, 0) is 16.1 Å². The van der Waals surface area contributed by atoms with E-state index >= 15 is 0 Å². The number of hydrogen-bond donors (Lipinski definition) is 1. The van der Waals surface area contributed by atoms with E-state index in [0.717, 1.165) is 49.3 Å². The Balaban J connectivity index is 0.00000106. The Bertz CT molecular complexity index is 1000. The number of methoxy groups -OCH3 is 1. The molecule has 2 aliphatic rings. The van der Waals surface area contributed by atoms with Crippen LogP contribution in [0.2, 0.25) is 5.02 Å². The number of piperazine rings is 1. The normalized spacial score (nSPS) is 17.9. The Morgan fingerprint density at radius 1 is 1.14 bits per heavy atom. The second-order valence-corrected chi connectivity index (χ2v) is 8.52. The fraction of sp³-hybridized carbons (Fsp3) is 0.379. The number of carbonyl (C=O) groups excluding carboxylic acids is 2. The summed E-state index contributed by atoms with van der Waals surface area (Å²) in [4.78, 5) is 25.5. The second-order valence-electron chi connectivity index (χ2n) is 8.11. The van der Waals surface area contributed by atoms with Crippen LogP contribution in [0.1, 0.15) is 37.8 Å². The van der Waals surface area contributed by atoms with Gasteiger partial charge in [0.2, 0.25) is 5.91 Å². The van der Waals surface area contributed by atoms with E-state index < -0.39 is 0 Å². The van der Waals surface area contributed by atoms with Crippen LogP contribution < -0.4 is 10.1 Å². The molecule has 8 heteroatoms. The van der Waals surface area contributed by atoms with Crippen molar-refractivity contribution in [2.24, 2.45) is 0 Å². The number of nitrogens with one attached hydrogen (secondary N) is 1. The number of ether oxygens (including phenoxy) is 1. The molecule has 202 valence electrons. The fourth-order valence-electron chi connectivity index (χ4n) is 4.65. The molecule has 37 heavy (non-hydrogen) atoms. The van der Waals surface area contributed by atoms with Crippen molar-refractivity contribution in [2.45, 2.75) is 45.3 Å². The first kappa shape index (κ1) is 31.9. The predicted molar refractivity (Wildman–Crippen MR) is 152 cm³/mol. The van der Waals surface area contributed by atoms with E-state index in [2.05, 4.69) is 23.4 Å². The van der Waals surface area contributed by atoms with Gasteiger partial charge in [-0.1, -0.05) is 37.6 Å². The summed E-state index contributed by atoms with van der Waals surface area (Å²) in [6.45, 7) is 14.5. The number of rotatable bonds is 6. The summed E-state index contributed by atoms with van der Waals surface area (Å²) < 4.78 is 18.5. The molecular formula is C29H39ClFN3O3. The molecule has 0 spiro atoms. The Kier molecular flexibility index (Phi) is 14.3. The first-order valence-corrected chi connectivity index (χ1v) is 12.7. The van der Waals surface area contributed by atoms with Gasteiger partial charge in [-0.3, -0.25) is 9.69 Å².